The van der Waals surface area contributed by atoms with Gasteiger partial charge in [-0.2, -0.15) is 0 Å². The Bertz CT molecular complexity index is 583. The SMILES string of the molecule is C=CC.CNc1cc(=O)[nH]c(SCc2cccnc2)n1. The lowest BCUT2D eigenvalue weighted by Crippen LogP contribution is -2.09. The number of anilines is 1. The minimum absolute atomic E-state index is 0.155. The molecule has 0 aliphatic heterocycles. The van der Waals surface area contributed by atoms with Gasteiger partial charge in [0.05, 0.1) is 0 Å². The fourth-order valence-electron chi connectivity index (χ4n) is 1.27. The second-order valence-corrected chi connectivity index (χ2v) is 4.71. The topological polar surface area (TPSA) is 70.7 Å². The van der Waals surface area contributed by atoms with E-state index in [9.17, 15) is 4.79 Å². The van der Waals surface area contributed by atoms with Crippen molar-refractivity contribution in [3.63, 3.8) is 0 Å². The smallest absolute Gasteiger partial charge is 0.253 e. The van der Waals surface area contributed by atoms with E-state index in [1.165, 1.54) is 17.8 Å². The summed E-state index contributed by atoms with van der Waals surface area (Å²) in [5.41, 5.74) is 0.938. The third-order valence-corrected chi connectivity index (χ3v) is 3.02. The summed E-state index contributed by atoms with van der Waals surface area (Å²) in [7, 11) is 1.73. The van der Waals surface area contributed by atoms with E-state index in [1.807, 2.05) is 19.1 Å². The number of nitrogens with one attached hydrogen (secondary N) is 2. The molecular weight excluding hydrogens is 272 g/mol. The predicted molar refractivity (Wildman–Crippen MR) is 84.1 cm³/mol. The second kappa shape index (κ2) is 8.92. The number of thioether (sulfide) groups is 1. The van der Waals surface area contributed by atoms with Crippen LogP contribution >= 0.6 is 11.8 Å². The zero-order valence-electron chi connectivity index (χ0n) is 11.6. The number of aromatic nitrogens is 3. The van der Waals surface area contributed by atoms with Crippen molar-refractivity contribution in [2.45, 2.75) is 17.8 Å². The first kappa shape index (κ1) is 16.0. The molecule has 5 nitrogen and oxygen atoms in total. The third kappa shape index (κ3) is 5.71. The van der Waals surface area contributed by atoms with Gasteiger partial charge in [0.1, 0.15) is 5.82 Å². The molecule has 106 valence electrons. The van der Waals surface area contributed by atoms with E-state index >= 15 is 0 Å². The van der Waals surface area contributed by atoms with Crippen molar-refractivity contribution >= 4 is 17.6 Å². The summed E-state index contributed by atoms with van der Waals surface area (Å²) in [6.07, 6.45) is 5.28. The fourth-order valence-corrected chi connectivity index (χ4v) is 2.08. The monoisotopic (exact) mass is 290 g/mol. The van der Waals surface area contributed by atoms with E-state index in [0.717, 1.165) is 11.3 Å². The summed E-state index contributed by atoms with van der Waals surface area (Å²) >= 11 is 1.47. The van der Waals surface area contributed by atoms with Crippen LogP contribution < -0.4 is 10.9 Å². The van der Waals surface area contributed by atoms with Crippen LogP contribution in [0.5, 0.6) is 0 Å². The summed E-state index contributed by atoms with van der Waals surface area (Å²) < 4.78 is 0. The van der Waals surface area contributed by atoms with E-state index in [0.29, 0.717) is 11.0 Å². The number of rotatable bonds is 4. The first-order valence-corrected chi connectivity index (χ1v) is 7.06. The Balaban J connectivity index is 0.000000612. The summed E-state index contributed by atoms with van der Waals surface area (Å²) in [5, 5.41) is 3.45. The van der Waals surface area contributed by atoms with Crippen LogP contribution in [0.25, 0.3) is 0 Å². The Labute approximate surface area is 122 Å². The molecule has 0 spiro atoms. The van der Waals surface area contributed by atoms with Gasteiger partial charge in [-0.3, -0.25) is 9.78 Å². The van der Waals surface area contributed by atoms with Gasteiger partial charge in [0, 0.05) is 31.3 Å². The molecule has 0 aliphatic carbocycles. The van der Waals surface area contributed by atoms with Crippen LogP contribution in [0.2, 0.25) is 0 Å². The van der Waals surface area contributed by atoms with Gasteiger partial charge in [0.25, 0.3) is 5.56 Å². The molecule has 0 saturated heterocycles. The fraction of sp³-hybridized carbons (Fsp3) is 0.214. The second-order valence-electron chi connectivity index (χ2n) is 3.74. The molecule has 0 aromatic carbocycles. The quantitative estimate of drug-likeness (QED) is 0.514. The number of aromatic amines is 1. The van der Waals surface area contributed by atoms with Crippen LogP contribution in [-0.4, -0.2) is 22.0 Å². The molecule has 2 N–H and O–H groups in total. The van der Waals surface area contributed by atoms with Crippen molar-refractivity contribution in [3.05, 3.63) is 59.2 Å². The number of nitrogens with zero attached hydrogens (tertiary/aromatic N) is 2. The van der Waals surface area contributed by atoms with Crippen molar-refractivity contribution in [2.24, 2.45) is 0 Å². The lowest BCUT2D eigenvalue weighted by Gasteiger charge is -2.03. The lowest BCUT2D eigenvalue weighted by atomic mass is 10.3. The molecule has 2 aromatic rings. The Morgan fingerprint density at radius 1 is 1.55 bits per heavy atom. The van der Waals surface area contributed by atoms with Crippen LogP contribution in [0.1, 0.15) is 12.5 Å². The van der Waals surface area contributed by atoms with Crippen LogP contribution in [0.15, 0.2) is 53.2 Å². The van der Waals surface area contributed by atoms with E-state index < -0.39 is 0 Å². The normalized spacial score (nSPS) is 9.30. The van der Waals surface area contributed by atoms with Crippen LogP contribution in [0, 0.1) is 0 Å². The summed E-state index contributed by atoms with van der Waals surface area (Å²) in [6.45, 7) is 5.25. The highest BCUT2D eigenvalue weighted by atomic mass is 32.2. The maximum Gasteiger partial charge on any atom is 0.253 e. The van der Waals surface area contributed by atoms with Crippen LogP contribution in [0.4, 0.5) is 5.82 Å². The Morgan fingerprint density at radius 3 is 2.90 bits per heavy atom. The average molecular weight is 290 g/mol. The maximum absolute atomic E-state index is 11.3. The van der Waals surface area contributed by atoms with Crippen LogP contribution in [0.3, 0.4) is 0 Å². The zero-order valence-corrected chi connectivity index (χ0v) is 12.4. The molecule has 2 rings (SSSR count). The van der Waals surface area contributed by atoms with Gasteiger partial charge in [0.2, 0.25) is 0 Å². The number of allylic oxidation sites excluding steroid dienone is 1. The van der Waals surface area contributed by atoms with Gasteiger partial charge in [0.15, 0.2) is 5.16 Å². The Hall–Kier alpha value is -2.08. The van der Waals surface area contributed by atoms with E-state index in [1.54, 1.807) is 25.5 Å². The molecule has 2 aromatic heterocycles. The van der Waals surface area contributed by atoms with Crippen molar-refractivity contribution in [1.82, 2.24) is 15.0 Å². The van der Waals surface area contributed by atoms with Gasteiger partial charge in [-0.05, 0) is 18.6 Å². The molecule has 0 amide bonds. The number of hydrogen-bond donors (Lipinski definition) is 2. The van der Waals surface area contributed by atoms with Gasteiger partial charge >= 0.3 is 0 Å². The number of H-pyrrole nitrogens is 1. The predicted octanol–water partition coefficient (Wildman–Crippen LogP) is 2.69. The van der Waals surface area contributed by atoms with Gasteiger partial charge in [-0.25, -0.2) is 4.98 Å². The average Bonchev–Trinajstić information content (AvgIpc) is 2.46. The van der Waals surface area contributed by atoms with Gasteiger partial charge < -0.3 is 10.3 Å². The highest BCUT2D eigenvalue weighted by Gasteiger charge is 2.01. The lowest BCUT2D eigenvalue weighted by molar-refractivity contribution is 0.939. The molecule has 0 unspecified atom stereocenters. The summed E-state index contributed by atoms with van der Waals surface area (Å²) in [4.78, 5) is 22.3. The Kier molecular flexibility index (Phi) is 7.13. The van der Waals surface area contributed by atoms with Crippen molar-refractivity contribution in [2.75, 3.05) is 12.4 Å². The zero-order chi connectivity index (χ0) is 14.8. The van der Waals surface area contributed by atoms with Crippen molar-refractivity contribution in [1.29, 1.82) is 0 Å². The van der Waals surface area contributed by atoms with Gasteiger partial charge in [-0.15, -0.1) is 6.58 Å². The molecule has 0 fully saturated rings. The largest absolute Gasteiger partial charge is 0.373 e. The molecule has 0 radical (unpaired) electrons. The minimum Gasteiger partial charge on any atom is -0.373 e. The van der Waals surface area contributed by atoms with E-state index in [2.05, 4.69) is 26.8 Å². The third-order valence-electron chi connectivity index (χ3n) is 2.07. The number of hydrogen-bond acceptors (Lipinski definition) is 5. The highest BCUT2D eigenvalue weighted by molar-refractivity contribution is 7.98. The van der Waals surface area contributed by atoms with Crippen molar-refractivity contribution < 1.29 is 0 Å². The van der Waals surface area contributed by atoms with E-state index in [-0.39, 0.29) is 5.56 Å². The summed E-state index contributed by atoms with van der Waals surface area (Å²) in [5.74, 6) is 1.30. The molecule has 0 aliphatic rings. The highest BCUT2D eigenvalue weighted by Crippen LogP contribution is 2.18. The summed E-state index contributed by atoms with van der Waals surface area (Å²) in [6, 6.07) is 5.30. The first-order valence-electron chi connectivity index (χ1n) is 6.07. The molecule has 0 saturated carbocycles. The minimum atomic E-state index is -0.155. The molecule has 0 atom stereocenters. The van der Waals surface area contributed by atoms with Crippen LogP contribution in [-0.2, 0) is 5.75 Å². The molecule has 0 bridgehead atoms. The molecule has 2 heterocycles. The Morgan fingerprint density at radius 2 is 2.30 bits per heavy atom. The van der Waals surface area contributed by atoms with Crippen molar-refractivity contribution in [3.8, 4) is 0 Å². The van der Waals surface area contributed by atoms with Gasteiger partial charge in [-0.1, -0.05) is 23.9 Å². The number of pyridine rings is 1. The standard InChI is InChI=1S/C11H12N4OS.C3H6/c1-12-9-5-10(16)15-11(14-9)17-7-8-3-2-4-13-6-8;1-3-2/h2-6H,7H2,1H3,(H2,12,14,15,16);3H,1H2,2H3. The molecular formula is C14H18N4OS. The molecule has 20 heavy (non-hydrogen) atoms. The van der Waals surface area contributed by atoms with E-state index in [4.69, 9.17) is 0 Å². The molecule has 6 heteroatoms. The maximum atomic E-state index is 11.3. The first-order chi connectivity index (χ1) is 9.69.